The van der Waals surface area contributed by atoms with Gasteiger partial charge in [0.05, 0.1) is 0 Å². The molecule has 2 heterocycles. The highest BCUT2D eigenvalue weighted by Crippen LogP contribution is 2.19. The first-order valence-corrected chi connectivity index (χ1v) is 5.18. The van der Waals surface area contributed by atoms with E-state index in [9.17, 15) is 4.79 Å². The molecule has 1 fully saturated rings. The van der Waals surface area contributed by atoms with Crippen LogP contribution in [0.25, 0.3) is 0 Å². The Labute approximate surface area is 83.9 Å². The smallest absolute Gasteiger partial charge is 0.167 e. The second-order valence-electron chi connectivity index (χ2n) is 3.90. The third-order valence-electron chi connectivity index (χ3n) is 2.93. The van der Waals surface area contributed by atoms with Crippen LogP contribution < -0.4 is 5.32 Å². The van der Waals surface area contributed by atoms with E-state index in [0.29, 0.717) is 5.78 Å². The van der Waals surface area contributed by atoms with Crippen molar-refractivity contribution in [1.82, 2.24) is 10.3 Å². The highest BCUT2D eigenvalue weighted by Gasteiger charge is 2.23. The Morgan fingerprint density at radius 3 is 2.71 bits per heavy atom. The van der Waals surface area contributed by atoms with Crippen molar-refractivity contribution in [3.05, 3.63) is 23.5 Å². The summed E-state index contributed by atoms with van der Waals surface area (Å²) in [4.78, 5) is 15.1. The first-order valence-electron chi connectivity index (χ1n) is 5.18. The minimum absolute atomic E-state index is 0.228. The van der Waals surface area contributed by atoms with Gasteiger partial charge in [-0.2, -0.15) is 0 Å². The summed E-state index contributed by atoms with van der Waals surface area (Å²) in [6, 6.07) is 1.89. The molecule has 2 N–H and O–H groups in total. The van der Waals surface area contributed by atoms with Crippen LogP contribution in [-0.4, -0.2) is 23.9 Å². The first kappa shape index (κ1) is 9.46. The molecule has 1 aliphatic rings. The van der Waals surface area contributed by atoms with E-state index in [-0.39, 0.29) is 5.92 Å². The topological polar surface area (TPSA) is 44.9 Å². The van der Waals surface area contributed by atoms with Crippen LogP contribution in [0.5, 0.6) is 0 Å². The molecule has 1 aromatic heterocycles. The van der Waals surface area contributed by atoms with Crippen LogP contribution in [-0.2, 0) is 0 Å². The molecule has 0 saturated carbocycles. The fourth-order valence-corrected chi connectivity index (χ4v) is 2.02. The molecular formula is C11H16N2O. The van der Waals surface area contributed by atoms with E-state index < -0.39 is 0 Å². The summed E-state index contributed by atoms with van der Waals surface area (Å²) in [5.41, 5.74) is 1.87. The van der Waals surface area contributed by atoms with E-state index in [2.05, 4.69) is 10.3 Å². The van der Waals surface area contributed by atoms with Gasteiger partial charge in [-0.05, 0) is 38.9 Å². The molecule has 0 radical (unpaired) electrons. The Balaban J connectivity index is 2.11. The summed E-state index contributed by atoms with van der Waals surface area (Å²) in [5, 5.41) is 3.27. The third kappa shape index (κ3) is 1.73. The van der Waals surface area contributed by atoms with Gasteiger partial charge in [-0.3, -0.25) is 4.79 Å². The Bertz CT molecular complexity index is 324. The van der Waals surface area contributed by atoms with Gasteiger partial charge in [0.15, 0.2) is 5.78 Å². The van der Waals surface area contributed by atoms with Gasteiger partial charge in [0.2, 0.25) is 0 Å². The van der Waals surface area contributed by atoms with Crippen molar-refractivity contribution in [3.8, 4) is 0 Å². The minimum atomic E-state index is 0.228. The van der Waals surface area contributed by atoms with Gasteiger partial charge in [0.1, 0.15) is 0 Å². The molecule has 0 atom stereocenters. The van der Waals surface area contributed by atoms with Gasteiger partial charge in [0.25, 0.3) is 0 Å². The van der Waals surface area contributed by atoms with Crippen molar-refractivity contribution in [3.63, 3.8) is 0 Å². The number of hydrogen-bond acceptors (Lipinski definition) is 2. The van der Waals surface area contributed by atoms with Crippen LogP contribution in [0, 0.1) is 12.8 Å². The lowest BCUT2D eigenvalue weighted by atomic mass is 9.90. The summed E-state index contributed by atoms with van der Waals surface area (Å²) in [6.45, 7) is 3.90. The fraction of sp³-hybridized carbons (Fsp3) is 0.545. The number of piperidine rings is 1. The maximum atomic E-state index is 12.0. The molecule has 0 spiro atoms. The van der Waals surface area contributed by atoms with E-state index in [0.717, 1.165) is 37.2 Å². The van der Waals surface area contributed by atoms with E-state index in [1.165, 1.54) is 0 Å². The number of aromatic amines is 1. The fourth-order valence-electron chi connectivity index (χ4n) is 2.02. The number of carbonyl (C=O) groups is 1. The molecule has 76 valence electrons. The number of hydrogen-bond donors (Lipinski definition) is 2. The number of aromatic nitrogens is 1. The Morgan fingerprint density at radius 1 is 1.43 bits per heavy atom. The SMILES string of the molecule is Cc1[nH]ccc1C(=O)C1CCNCC1. The highest BCUT2D eigenvalue weighted by atomic mass is 16.1. The van der Waals surface area contributed by atoms with Crippen LogP contribution >= 0.6 is 0 Å². The van der Waals surface area contributed by atoms with Crippen LogP contribution in [0.3, 0.4) is 0 Å². The van der Waals surface area contributed by atoms with E-state index in [1.54, 1.807) is 0 Å². The molecule has 0 aliphatic carbocycles. The molecule has 0 bridgehead atoms. The number of ketones is 1. The van der Waals surface area contributed by atoms with Crippen molar-refractivity contribution in [2.45, 2.75) is 19.8 Å². The summed E-state index contributed by atoms with van der Waals surface area (Å²) < 4.78 is 0. The quantitative estimate of drug-likeness (QED) is 0.697. The predicted molar refractivity (Wildman–Crippen MR) is 55.5 cm³/mol. The van der Waals surface area contributed by atoms with Gasteiger partial charge in [-0.25, -0.2) is 0 Å². The molecule has 1 aromatic rings. The molecule has 1 saturated heterocycles. The lowest BCUT2D eigenvalue weighted by Crippen LogP contribution is -2.31. The molecule has 14 heavy (non-hydrogen) atoms. The van der Waals surface area contributed by atoms with Gasteiger partial charge in [-0.1, -0.05) is 0 Å². The summed E-state index contributed by atoms with van der Waals surface area (Å²) in [7, 11) is 0. The Kier molecular flexibility index (Phi) is 2.68. The van der Waals surface area contributed by atoms with Gasteiger partial charge in [0, 0.05) is 23.4 Å². The van der Waals surface area contributed by atoms with E-state index >= 15 is 0 Å². The second-order valence-corrected chi connectivity index (χ2v) is 3.90. The molecule has 0 unspecified atom stereocenters. The van der Waals surface area contributed by atoms with Crippen molar-refractivity contribution in [2.75, 3.05) is 13.1 Å². The van der Waals surface area contributed by atoms with Crippen molar-refractivity contribution >= 4 is 5.78 Å². The van der Waals surface area contributed by atoms with E-state index in [1.807, 2.05) is 19.2 Å². The largest absolute Gasteiger partial charge is 0.365 e. The molecule has 1 aliphatic heterocycles. The van der Waals surface area contributed by atoms with E-state index in [4.69, 9.17) is 0 Å². The van der Waals surface area contributed by atoms with Gasteiger partial charge >= 0.3 is 0 Å². The lowest BCUT2D eigenvalue weighted by Gasteiger charge is -2.21. The summed E-state index contributed by atoms with van der Waals surface area (Å²) in [6.07, 6.45) is 3.79. The maximum absolute atomic E-state index is 12.0. The number of nitrogens with one attached hydrogen (secondary N) is 2. The predicted octanol–water partition coefficient (Wildman–Crippen LogP) is 1.51. The third-order valence-corrected chi connectivity index (χ3v) is 2.93. The number of aryl methyl sites for hydroxylation is 1. The normalized spacial score (nSPS) is 18.4. The summed E-state index contributed by atoms with van der Waals surface area (Å²) >= 11 is 0. The zero-order valence-electron chi connectivity index (χ0n) is 8.47. The zero-order chi connectivity index (χ0) is 9.97. The number of carbonyl (C=O) groups excluding carboxylic acids is 1. The molecule has 2 rings (SSSR count). The van der Waals surface area contributed by atoms with Crippen LogP contribution in [0.2, 0.25) is 0 Å². The summed E-state index contributed by atoms with van der Waals surface area (Å²) in [5.74, 6) is 0.538. The number of Topliss-reactive ketones (excluding diaryl/α,β-unsaturated/α-hetero) is 1. The minimum Gasteiger partial charge on any atom is -0.365 e. The Morgan fingerprint density at radius 2 is 2.14 bits per heavy atom. The van der Waals surface area contributed by atoms with Gasteiger partial charge < -0.3 is 10.3 Å². The first-order chi connectivity index (χ1) is 6.79. The average molecular weight is 192 g/mol. The van der Waals surface area contributed by atoms with Crippen LogP contribution in [0.15, 0.2) is 12.3 Å². The lowest BCUT2D eigenvalue weighted by molar-refractivity contribution is 0.0894. The molecule has 3 heteroatoms. The number of rotatable bonds is 2. The standard InChI is InChI=1S/C11H16N2O/c1-8-10(4-7-13-8)11(14)9-2-5-12-6-3-9/h4,7,9,12-13H,2-3,5-6H2,1H3. The molecular weight excluding hydrogens is 176 g/mol. The average Bonchev–Trinajstić information content (AvgIpc) is 2.65. The number of H-pyrrole nitrogens is 1. The van der Waals surface area contributed by atoms with Crippen LogP contribution in [0.1, 0.15) is 28.9 Å². The van der Waals surface area contributed by atoms with Crippen molar-refractivity contribution < 1.29 is 4.79 Å². The zero-order valence-corrected chi connectivity index (χ0v) is 8.47. The molecule has 0 aromatic carbocycles. The van der Waals surface area contributed by atoms with Crippen molar-refractivity contribution in [2.24, 2.45) is 5.92 Å². The van der Waals surface area contributed by atoms with Crippen molar-refractivity contribution in [1.29, 1.82) is 0 Å². The second kappa shape index (κ2) is 3.96. The Hall–Kier alpha value is -1.09. The van der Waals surface area contributed by atoms with Crippen LogP contribution in [0.4, 0.5) is 0 Å². The van der Waals surface area contributed by atoms with Gasteiger partial charge in [-0.15, -0.1) is 0 Å². The highest BCUT2D eigenvalue weighted by molar-refractivity contribution is 5.98. The monoisotopic (exact) mass is 192 g/mol. The molecule has 0 amide bonds. The maximum Gasteiger partial charge on any atom is 0.167 e. The molecule has 3 nitrogen and oxygen atoms in total.